The molecule has 0 aliphatic carbocycles. The van der Waals surface area contributed by atoms with Crippen LogP contribution in [-0.2, 0) is 0 Å². The number of pyridine rings is 1. The van der Waals surface area contributed by atoms with Crippen molar-refractivity contribution in [3.63, 3.8) is 0 Å². The predicted octanol–water partition coefficient (Wildman–Crippen LogP) is 2.22. The zero-order chi connectivity index (χ0) is 13.8. The van der Waals surface area contributed by atoms with Crippen molar-refractivity contribution in [1.29, 1.82) is 0 Å². The Morgan fingerprint density at radius 3 is 3.11 bits per heavy atom. The van der Waals surface area contributed by atoms with Crippen LogP contribution in [0.5, 0.6) is 0 Å². The molecule has 1 aliphatic heterocycles. The van der Waals surface area contributed by atoms with Gasteiger partial charge in [-0.3, -0.25) is 10.1 Å². The Kier molecular flexibility index (Phi) is 4.55. The fourth-order valence-corrected chi connectivity index (χ4v) is 2.66. The Morgan fingerprint density at radius 1 is 1.63 bits per heavy atom. The standard InChI is InChI=1S/C12H17ClN4O2/c1-14-8-10-4-2-3-5-16(10)12-11(17(18)19)6-9(13)7-15-12/h6-7,10,14H,2-5,8H2,1H3. The van der Waals surface area contributed by atoms with E-state index < -0.39 is 4.92 Å². The molecule has 1 N–H and O–H groups in total. The molecule has 1 saturated heterocycles. The number of hydrogen-bond donors (Lipinski definition) is 1. The first-order chi connectivity index (χ1) is 9.13. The maximum atomic E-state index is 11.1. The summed E-state index contributed by atoms with van der Waals surface area (Å²) in [5, 5.41) is 14.6. The molecule has 0 saturated carbocycles. The van der Waals surface area contributed by atoms with Crippen LogP contribution >= 0.6 is 11.6 Å². The first kappa shape index (κ1) is 14.0. The van der Waals surface area contributed by atoms with Crippen LogP contribution in [0.4, 0.5) is 11.5 Å². The first-order valence-electron chi connectivity index (χ1n) is 6.34. The Balaban J connectivity index is 2.35. The van der Waals surface area contributed by atoms with Gasteiger partial charge in [0.2, 0.25) is 5.82 Å². The number of likely N-dealkylation sites (N-methyl/N-ethyl adjacent to an activating group) is 1. The number of aromatic nitrogens is 1. The summed E-state index contributed by atoms with van der Waals surface area (Å²) in [5.41, 5.74) is -0.0181. The Bertz CT molecular complexity index is 467. The highest BCUT2D eigenvalue weighted by Crippen LogP contribution is 2.32. The third-order valence-corrected chi connectivity index (χ3v) is 3.56. The zero-order valence-electron chi connectivity index (χ0n) is 10.8. The van der Waals surface area contributed by atoms with E-state index in [1.807, 2.05) is 11.9 Å². The van der Waals surface area contributed by atoms with Gasteiger partial charge in [-0.05, 0) is 26.3 Å². The van der Waals surface area contributed by atoms with Crippen molar-refractivity contribution in [3.8, 4) is 0 Å². The van der Waals surface area contributed by atoms with E-state index in [4.69, 9.17) is 11.6 Å². The molecule has 0 aromatic carbocycles. The van der Waals surface area contributed by atoms with Gasteiger partial charge in [-0.25, -0.2) is 4.98 Å². The summed E-state index contributed by atoms with van der Waals surface area (Å²) in [6.45, 7) is 1.59. The van der Waals surface area contributed by atoms with Gasteiger partial charge in [-0.1, -0.05) is 11.6 Å². The molecule has 104 valence electrons. The van der Waals surface area contributed by atoms with E-state index >= 15 is 0 Å². The van der Waals surface area contributed by atoms with E-state index in [2.05, 4.69) is 10.3 Å². The van der Waals surface area contributed by atoms with Crippen LogP contribution in [0.15, 0.2) is 12.3 Å². The lowest BCUT2D eigenvalue weighted by Crippen LogP contribution is -2.45. The van der Waals surface area contributed by atoms with Crippen molar-refractivity contribution in [1.82, 2.24) is 10.3 Å². The topological polar surface area (TPSA) is 71.3 Å². The minimum Gasteiger partial charge on any atom is -0.347 e. The lowest BCUT2D eigenvalue weighted by atomic mass is 10.0. The van der Waals surface area contributed by atoms with E-state index in [0.717, 1.165) is 32.4 Å². The Hall–Kier alpha value is -1.40. The molecule has 0 radical (unpaired) electrons. The van der Waals surface area contributed by atoms with Gasteiger partial charge in [-0.15, -0.1) is 0 Å². The Morgan fingerprint density at radius 2 is 2.42 bits per heavy atom. The van der Waals surface area contributed by atoms with E-state index in [1.165, 1.54) is 12.3 Å². The zero-order valence-corrected chi connectivity index (χ0v) is 11.6. The highest BCUT2D eigenvalue weighted by molar-refractivity contribution is 6.30. The number of rotatable bonds is 4. The quantitative estimate of drug-likeness (QED) is 0.678. The smallest absolute Gasteiger partial charge is 0.313 e. The molecule has 0 bridgehead atoms. The van der Waals surface area contributed by atoms with Gasteiger partial charge >= 0.3 is 5.69 Å². The van der Waals surface area contributed by atoms with Gasteiger partial charge < -0.3 is 10.2 Å². The monoisotopic (exact) mass is 284 g/mol. The molecule has 2 rings (SSSR count). The number of piperidine rings is 1. The van der Waals surface area contributed by atoms with Crippen molar-refractivity contribution in [2.24, 2.45) is 0 Å². The maximum Gasteiger partial charge on any atom is 0.313 e. The van der Waals surface area contributed by atoms with E-state index in [9.17, 15) is 10.1 Å². The summed E-state index contributed by atoms with van der Waals surface area (Å²) in [6.07, 6.45) is 4.66. The largest absolute Gasteiger partial charge is 0.347 e. The molecule has 0 amide bonds. The number of nitrogens with zero attached hydrogens (tertiary/aromatic N) is 3. The van der Waals surface area contributed by atoms with E-state index in [1.54, 1.807) is 0 Å². The second-order valence-electron chi connectivity index (χ2n) is 4.65. The molecule has 1 fully saturated rings. The van der Waals surface area contributed by atoms with Gasteiger partial charge in [0, 0.05) is 31.4 Å². The van der Waals surface area contributed by atoms with Crippen LogP contribution in [0.25, 0.3) is 0 Å². The van der Waals surface area contributed by atoms with Gasteiger partial charge in [0.1, 0.15) is 0 Å². The van der Waals surface area contributed by atoms with Crippen LogP contribution < -0.4 is 10.2 Å². The molecular formula is C12H17ClN4O2. The molecule has 2 heterocycles. The Labute approximate surface area is 116 Å². The molecular weight excluding hydrogens is 268 g/mol. The average Bonchev–Trinajstić information content (AvgIpc) is 2.40. The van der Waals surface area contributed by atoms with Gasteiger partial charge in [-0.2, -0.15) is 0 Å². The molecule has 1 unspecified atom stereocenters. The number of hydrogen-bond acceptors (Lipinski definition) is 5. The molecule has 0 spiro atoms. The fourth-order valence-electron chi connectivity index (χ4n) is 2.50. The fraction of sp³-hybridized carbons (Fsp3) is 0.583. The predicted molar refractivity (Wildman–Crippen MR) is 74.8 cm³/mol. The third kappa shape index (κ3) is 3.13. The summed E-state index contributed by atoms with van der Waals surface area (Å²) in [6, 6.07) is 1.61. The minimum absolute atomic E-state index is 0.0181. The highest BCUT2D eigenvalue weighted by atomic mass is 35.5. The summed E-state index contributed by atoms with van der Waals surface area (Å²) < 4.78 is 0. The van der Waals surface area contributed by atoms with Gasteiger partial charge in [0.25, 0.3) is 0 Å². The minimum atomic E-state index is -0.417. The number of halogens is 1. The SMILES string of the molecule is CNCC1CCCCN1c1ncc(Cl)cc1[N+](=O)[O-]. The normalized spacial score (nSPS) is 19.5. The third-order valence-electron chi connectivity index (χ3n) is 3.35. The van der Waals surface area contributed by atoms with Crippen LogP contribution in [0.1, 0.15) is 19.3 Å². The second-order valence-corrected chi connectivity index (χ2v) is 5.09. The van der Waals surface area contributed by atoms with Crippen molar-refractivity contribution in [2.75, 3.05) is 25.0 Å². The van der Waals surface area contributed by atoms with Gasteiger partial charge in [0.05, 0.1) is 9.95 Å². The van der Waals surface area contributed by atoms with Crippen molar-refractivity contribution in [3.05, 3.63) is 27.4 Å². The number of nitro groups is 1. The average molecular weight is 285 g/mol. The summed E-state index contributed by atoms with van der Waals surface area (Å²) >= 11 is 5.80. The highest BCUT2D eigenvalue weighted by Gasteiger charge is 2.29. The molecule has 6 nitrogen and oxygen atoms in total. The van der Waals surface area contributed by atoms with Crippen LogP contribution in [-0.4, -0.2) is 36.1 Å². The molecule has 1 aromatic heterocycles. The molecule has 1 aliphatic rings. The van der Waals surface area contributed by atoms with Crippen LogP contribution in [0, 0.1) is 10.1 Å². The van der Waals surface area contributed by atoms with E-state index in [0.29, 0.717) is 5.82 Å². The lowest BCUT2D eigenvalue weighted by molar-refractivity contribution is -0.384. The molecule has 19 heavy (non-hydrogen) atoms. The lowest BCUT2D eigenvalue weighted by Gasteiger charge is -2.36. The number of nitrogens with one attached hydrogen (secondary N) is 1. The molecule has 1 atom stereocenters. The van der Waals surface area contributed by atoms with Crippen molar-refractivity contribution >= 4 is 23.1 Å². The molecule has 1 aromatic rings. The summed E-state index contributed by atoms with van der Waals surface area (Å²) in [7, 11) is 1.89. The van der Waals surface area contributed by atoms with Crippen LogP contribution in [0.3, 0.4) is 0 Å². The first-order valence-corrected chi connectivity index (χ1v) is 6.72. The van der Waals surface area contributed by atoms with Crippen molar-refractivity contribution < 1.29 is 4.92 Å². The van der Waals surface area contributed by atoms with Crippen LogP contribution in [0.2, 0.25) is 5.02 Å². The molecule has 7 heteroatoms. The number of anilines is 1. The van der Waals surface area contributed by atoms with Gasteiger partial charge in [0.15, 0.2) is 0 Å². The summed E-state index contributed by atoms with van der Waals surface area (Å²) in [4.78, 5) is 16.9. The van der Waals surface area contributed by atoms with E-state index in [-0.39, 0.29) is 16.8 Å². The second kappa shape index (κ2) is 6.16. The summed E-state index contributed by atoms with van der Waals surface area (Å²) in [5.74, 6) is 0.425. The van der Waals surface area contributed by atoms with Crippen molar-refractivity contribution in [2.45, 2.75) is 25.3 Å². The maximum absolute atomic E-state index is 11.1.